The Morgan fingerprint density at radius 3 is 2.21 bits per heavy atom. The van der Waals surface area contributed by atoms with Crippen molar-refractivity contribution in [2.24, 2.45) is 11.3 Å². The molecule has 4 nitrogen and oxygen atoms in total. The molecule has 4 heteroatoms. The lowest BCUT2D eigenvalue weighted by Crippen LogP contribution is -2.32. The Morgan fingerprint density at radius 1 is 1.21 bits per heavy atom. The van der Waals surface area contributed by atoms with Crippen LogP contribution in [0.25, 0.3) is 0 Å². The topological polar surface area (TPSA) is 74.6 Å². The number of carbonyl (C=O) groups is 2. The molecule has 0 heterocycles. The highest BCUT2D eigenvalue weighted by Crippen LogP contribution is 2.45. The van der Waals surface area contributed by atoms with Gasteiger partial charge in [0, 0.05) is 5.41 Å². The molecule has 2 N–H and O–H groups in total. The van der Waals surface area contributed by atoms with Crippen molar-refractivity contribution in [1.29, 1.82) is 0 Å². The van der Waals surface area contributed by atoms with E-state index in [1.807, 2.05) is 38.2 Å². The van der Waals surface area contributed by atoms with E-state index < -0.39 is 22.9 Å². The minimum absolute atomic E-state index is 0.0751. The third-order valence-electron chi connectivity index (χ3n) is 3.88. The first-order valence-electron chi connectivity index (χ1n) is 6.40. The molecule has 2 atom stereocenters. The Morgan fingerprint density at radius 2 is 1.79 bits per heavy atom. The first kappa shape index (κ1) is 15.2. The average molecular weight is 264 g/mol. The number of allylic oxidation sites excluding steroid dienone is 5. The van der Waals surface area contributed by atoms with E-state index in [1.54, 1.807) is 6.92 Å². The summed E-state index contributed by atoms with van der Waals surface area (Å²) in [5.41, 5.74) is -0.613. The van der Waals surface area contributed by atoms with Gasteiger partial charge < -0.3 is 10.2 Å². The van der Waals surface area contributed by atoms with E-state index in [0.29, 0.717) is 5.57 Å². The number of hydrogen-bond acceptors (Lipinski definition) is 2. The molecule has 0 aliphatic heterocycles. The van der Waals surface area contributed by atoms with E-state index in [2.05, 4.69) is 0 Å². The standard InChI is InChI=1S/C15H20O4/c1-4-8-15(9-6-5-7-10(15)2)11(3)12(13(16)17)14(18)19/h5-7,9-10H,4,8H2,1-3H3,(H,16,17)(H,18,19). The summed E-state index contributed by atoms with van der Waals surface area (Å²) < 4.78 is 0. The largest absolute Gasteiger partial charge is 0.477 e. The van der Waals surface area contributed by atoms with Gasteiger partial charge in [-0.05, 0) is 24.8 Å². The van der Waals surface area contributed by atoms with Gasteiger partial charge in [-0.1, -0.05) is 44.6 Å². The maximum Gasteiger partial charge on any atom is 0.343 e. The van der Waals surface area contributed by atoms with Crippen LogP contribution in [0.4, 0.5) is 0 Å². The summed E-state index contributed by atoms with van der Waals surface area (Å²) in [6, 6.07) is 0. The quantitative estimate of drug-likeness (QED) is 0.454. The number of hydrogen-bond donors (Lipinski definition) is 2. The SMILES string of the molecule is CCCC1(C(C)=C(C(=O)O)C(=O)O)C=CC=CC1C. The van der Waals surface area contributed by atoms with Gasteiger partial charge in [-0.2, -0.15) is 0 Å². The van der Waals surface area contributed by atoms with Crippen LogP contribution in [0.3, 0.4) is 0 Å². The zero-order valence-electron chi connectivity index (χ0n) is 11.5. The molecule has 1 aliphatic carbocycles. The van der Waals surface area contributed by atoms with Crippen LogP contribution in [0.2, 0.25) is 0 Å². The summed E-state index contributed by atoms with van der Waals surface area (Å²) >= 11 is 0. The van der Waals surface area contributed by atoms with Crippen molar-refractivity contribution >= 4 is 11.9 Å². The predicted octanol–water partition coefficient (Wildman–Crippen LogP) is 3.02. The van der Waals surface area contributed by atoms with Crippen molar-refractivity contribution in [2.75, 3.05) is 0 Å². The second-order valence-corrected chi connectivity index (χ2v) is 4.93. The van der Waals surface area contributed by atoms with Gasteiger partial charge in [-0.3, -0.25) is 0 Å². The smallest absolute Gasteiger partial charge is 0.343 e. The minimum atomic E-state index is -1.38. The van der Waals surface area contributed by atoms with Gasteiger partial charge in [-0.25, -0.2) is 9.59 Å². The van der Waals surface area contributed by atoms with Gasteiger partial charge >= 0.3 is 11.9 Å². The molecule has 0 aromatic carbocycles. The van der Waals surface area contributed by atoms with Gasteiger partial charge in [0.25, 0.3) is 0 Å². The van der Waals surface area contributed by atoms with Crippen LogP contribution in [0, 0.1) is 11.3 Å². The normalized spacial score (nSPS) is 25.1. The van der Waals surface area contributed by atoms with Crippen LogP contribution in [-0.4, -0.2) is 22.2 Å². The summed E-state index contributed by atoms with van der Waals surface area (Å²) in [6.07, 6.45) is 9.27. The highest BCUT2D eigenvalue weighted by Gasteiger charge is 2.38. The Kier molecular flexibility index (Phi) is 4.70. The molecule has 1 rings (SSSR count). The molecule has 1 aliphatic rings. The van der Waals surface area contributed by atoms with Crippen LogP contribution in [0.15, 0.2) is 35.5 Å². The van der Waals surface area contributed by atoms with E-state index >= 15 is 0 Å². The molecular formula is C15H20O4. The van der Waals surface area contributed by atoms with Gasteiger partial charge in [0.15, 0.2) is 0 Å². The number of rotatable bonds is 5. The third kappa shape index (κ3) is 2.78. The molecule has 19 heavy (non-hydrogen) atoms. The number of carboxylic acids is 2. The lowest BCUT2D eigenvalue weighted by Gasteiger charge is -2.38. The highest BCUT2D eigenvalue weighted by molar-refractivity contribution is 6.13. The molecule has 0 bridgehead atoms. The van der Waals surface area contributed by atoms with E-state index in [1.165, 1.54) is 0 Å². The third-order valence-corrected chi connectivity index (χ3v) is 3.88. The van der Waals surface area contributed by atoms with Crippen molar-refractivity contribution in [3.05, 3.63) is 35.5 Å². The van der Waals surface area contributed by atoms with Crippen LogP contribution in [-0.2, 0) is 9.59 Å². The Bertz CT molecular complexity index is 455. The zero-order valence-corrected chi connectivity index (χ0v) is 11.5. The van der Waals surface area contributed by atoms with Crippen molar-refractivity contribution < 1.29 is 19.8 Å². The maximum absolute atomic E-state index is 11.2. The van der Waals surface area contributed by atoms with Gasteiger partial charge in [0.05, 0.1) is 0 Å². The lowest BCUT2D eigenvalue weighted by atomic mass is 9.65. The summed E-state index contributed by atoms with van der Waals surface area (Å²) in [4.78, 5) is 22.4. The molecule has 0 saturated heterocycles. The fraction of sp³-hybridized carbons (Fsp3) is 0.467. The molecular weight excluding hydrogens is 244 g/mol. The second-order valence-electron chi connectivity index (χ2n) is 4.93. The molecule has 0 radical (unpaired) electrons. The molecule has 0 fully saturated rings. The van der Waals surface area contributed by atoms with Crippen LogP contribution >= 0.6 is 0 Å². The molecule has 0 saturated carbocycles. The average Bonchev–Trinajstić information content (AvgIpc) is 2.31. The summed E-state index contributed by atoms with van der Waals surface area (Å²) in [5, 5.41) is 18.3. The van der Waals surface area contributed by atoms with Gasteiger partial charge in [-0.15, -0.1) is 0 Å². The van der Waals surface area contributed by atoms with Crippen LogP contribution in [0.1, 0.15) is 33.6 Å². The van der Waals surface area contributed by atoms with Gasteiger partial charge in [0.2, 0.25) is 0 Å². The highest BCUT2D eigenvalue weighted by atomic mass is 16.4. The Labute approximate surface area is 113 Å². The zero-order chi connectivity index (χ0) is 14.6. The monoisotopic (exact) mass is 264 g/mol. The van der Waals surface area contributed by atoms with E-state index in [4.69, 9.17) is 10.2 Å². The van der Waals surface area contributed by atoms with Crippen molar-refractivity contribution in [1.82, 2.24) is 0 Å². The summed E-state index contributed by atoms with van der Waals surface area (Å²) in [7, 11) is 0. The van der Waals surface area contributed by atoms with E-state index in [9.17, 15) is 9.59 Å². The predicted molar refractivity (Wildman–Crippen MR) is 72.8 cm³/mol. The fourth-order valence-corrected chi connectivity index (χ4v) is 2.81. The summed E-state index contributed by atoms with van der Waals surface area (Å²) in [6.45, 7) is 5.61. The number of aliphatic carboxylic acids is 2. The summed E-state index contributed by atoms with van der Waals surface area (Å²) in [5.74, 6) is -2.68. The van der Waals surface area contributed by atoms with Crippen molar-refractivity contribution in [2.45, 2.75) is 33.6 Å². The number of carboxylic acid groups (broad SMARTS) is 2. The van der Waals surface area contributed by atoms with Crippen LogP contribution in [0.5, 0.6) is 0 Å². The molecule has 0 aromatic rings. The molecule has 0 amide bonds. The fourth-order valence-electron chi connectivity index (χ4n) is 2.81. The molecule has 0 spiro atoms. The van der Waals surface area contributed by atoms with Crippen molar-refractivity contribution in [3.63, 3.8) is 0 Å². The second kappa shape index (κ2) is 5.87. The van der Waals surface area contributed by atoms with Gasteiger partial charge in [0.1, 0.15) is 5.57 Å². The molecule has 104 valence electrons. The first-order valence-corrected chi connectivity index (χ1v) is 6.40. The molecule has 2 unspecified atom stereocenters. The van der Waals surface area contributed by atoms with E-state index in [0.717, 1.165) is 12.8 Å². The Balaban J connectivity index is 3.45. The molecule has 0 aromatic heterocycles. The van der Waals surface area contributed by atoms with E-state index in [-0.39, 0.29) is 5.92 Å². The lowest BCUT2D eigenvalue weighted by molar-refractivity contribution is -0.140. The minimum Gasteiger partial charge on any atom is -0.477 e. The maximum atomic E-state index is 11.2. The first-order chi connectivity index (χ1) is 8.86. The Hall–Kier alpha value is -1.84. The van der Waals surface area contributed by atoms with Crippen molar-refractivity contribution in [3.8, 4) is 0 Å². The van der Waals surface area contributed by atoms with Crippen LogP contribution < -0.4 is 0 Å².